The van der Waals surface area contributed by atoms with E-state index in [0.29, 0.717) is 46.6 Å². The van der Waals surface area contributed by atoms with Gasteiger partial charge in [-0.3, -0.25) is 9.58 Å². The Morgan fingerprint density at radius 2 is 2.07 bits per heavy atom. The molecule has 0 atom stereocenters. The second-order valence-electron chi connectivity index (χ2n) is 6.83. The molecule has 3 heterocycles. The molecule has 0 fully saturated rings. The average Bonchev–Trinajstić information content (AvgIpc) is 3.23. The van der Waals surface area contributed by atoms with Crippen molar-refractivity contribution in [2.45, 2.75) is 33.1 Å². The number of hydrazine groups is 1. The third kappa shape index (κ3) is 2.76. The number of allylic oxidation sites excluding steroid dienone is 2. The fraction of sp³-hybridized carbons (Fsp3) is 0.278. The van der Waals surface area contributed by atoms with E-state index in [0.717, 1.165) is 5.69 Å². The third-order valence-electron chi connectivity index (χ3n) is 4.55. The number of imidazole rings is 1. The van der Waals surface area contributed by atoms with E-state index in [-0.39, 0.29) is 11.7 Å². The van der Waals surface area contributed by atoms with Gasteiger partial charge in [-0.05, 0) is 19.1 Å². The van der Waals surface area contributed by atoms with Crippen LogP contribution in [0.15, 0.2) is 40.4 Å². The molecule has 0 bridgehead atoms. The molecule has 0 saturated carbocycles. The summed E-state index contributed by atoms with van der Waals surface area (Å²) < 4.78 is 21.0. The highest BCUT2D eigenvalue weighted by Gasteiger charge is 2.28. The zero-order chi connectivity index (χ0) is 19.3. The Hall–Kier alpha value is -3.20. The lowest BCUT2D eigenvalue weighted by Crippen LogP contribution is -2.32. The third-order valence-corrected chi connectivity index (χ3v) is 4.55. The van der Waals surface area contributed by atoms with Gasteiger partial charge in [0.15, 0.2) is 0 Å². The maximum absolute atomic E-state index is 13.9. The number of hydrogen-bond acceptors (Lipinski definition) is 7. The standard InChI is InChI=1S/C18H20FN7O/c1-9(2)18-23-17(24-27-18)16-15-7-13(10(3)20)26(21)14-6-11(19)4-5-12(14)25(15)8-22-16/h4-6,8-9H,7,20-21H2,1-3H3/b13-10-. The Bertz CT molecular complexity index is 1050. The molecule has 140 valence electrons. The molecule has 0 amide bonds. The monoisotopic (exact) mass is 369 g/mol. The molecule has 9 heteroatoms. The van der Waals surface area contributed by atoms with Gasteiger partial charge in [0, 0.05) is 24.1 Å². The van der Waals surface area contributed by atoms with Crippen molar-refractivity contribution in [1.82, 2.24) is 19.7 Å². The van der Waals surface area contributed by atoms with Gasteiger partial charge < -0.3 is 10.3 Å². The SMILES string of the molecule is C/C(N)=C1\Cc2c(-c3noc(C(C)C)n3)ncn2-c2ccc(F)cc2N1N. The molecule has 1 aliphatic rings. The van der Waals surface area contributed by atoms with Crippen LogP contribution in [-0.2, 0) is 6.42 Å². The lowest BCUT2D eigenvalue weighted by molar-refractivity contribution is 0.365. The van der Waals surface area contributed by atoms with E-state index >= 15 is 0 Å². The van der Waals surface area contributed by atoms with E-state index in [9.17, 15) is 4.39 Å². The van der Waals surface area contributed by atoms with Crippen LogP contribution in [0.4, 0.5) is 10.1 Å². The van der Waals surface area contributed by atoms with E-state index in [1.807, 2.05) is 18.4 Å². The van der Waals surface area contributed by atoms with Gasteiger partial charge in [-0.1, -0.05) is 19.0 Å². The molecule has 27 heavy (non-hydrogen) atoms. The quantitative estimate of drug-likeness (QED) is 0.668. The van der Waals surface area contributed by atoms with Crippen LogP contribution in [0, 0.1) is 5.82 Å². The normalized spacial score (nSPS) is 15.6. The Labute approximate surface area is 155 Å². The molecular weight excluding hydrogens is 349 g/mol. The van der Waals surface area contributed by atoms with Crippen LogP contribution in [0.5, 0.6) is 0 Å². The molecule has 0 aliphatic carbocycles. The van der Waals surface area contributed by atoms with E-state index in [1.54, 1.807) is 19.3 Å². The predicted molar refractivity (Wildman–Crippen MR) is 98.2 cm³/mol. The average molecular weight is 369 g/mol. The van der Waals surface area contributed by atoms with E-state index in [1.165, 1.54) is 17.1 Å². The van der Waals surface area contributed by atoms with Gasteiger partial charge in [0.1, 0.15) is 17.8 Å². The molecule has 0 saturated heterocycles. The molecule has 8 nitrogen and oxygen atoms in total. The van der Waals surface area contributed by atoms with Gasteiger partial charge >= 0.3 is 0 Å². The second-order valence-corrected chi connectivity index (χ2v) is 6.83. The van der Waals surface area contributed by atoms with Crippen LogP contribution < -0.4 is 16.6 Å². The van der Waals surface area contributed by atoms with Crippen molar-refractivity contribution in [2.24, 2.45) is 11.6 Å². The Morgan fingerprint density at radius 3 is 2.74 bits per heavy atom. The van der Waals surface area contributed by atoms with Crippen molar-refractivity contribution in [2.75, 3.05) is 5.01 Å². The van der Waals surface area contributed by atoms with Crippen LogP contribution >= 0.6 is 0 Å². The summed E-state index contributed by atoms with van der Waals surface area (Å²) in [6.45, 7) is 5.70. The topological polar surface area (TPSA) is 112 Å². The number of nitrogens with zero attached hydrogens (tertiary/aromatic N) is 5. The molecule has 0 radical (unpaired) electrons. The first-order chi connectivity index (χ1) is 12.9. The second kappa shape index (κ2) is 6.20. The minimum atomic E-state index is -0.387. The minimum Gasteiger partial charge on any atom is -0.401 e. The number of benzene rings is 1. The summed E-state index contributed by atoms with van der Waals surface area (Å²) in [5.41, 5.74) is 9.81. The number of hydrogen-bond donors (Lipinski definition) is 2. The largest absolute Gasteiger partial charge is 0.401 e. The fourth-order valence-corrected chi connectivity index (χ4v) is 3.11. The summed E-state index contributed by atoms with van der Waals surface area (Å²) in [6.07, 6.45) is 2.03. The number of halogens is 1. The molecule has 0 unspecified atom stereocenters. The number of anilines is 1. The van der Waals surface area contributed by atoms with Crippen molar-refractivity contribution in [1.29, 1.82) is 0 Å². The van der Waals surface area contributed by atoms with Gasteiger partial charge in [0.2, 0.25) is 11.7 Å². The van der Waals surface area contributed by atoms with Crippen LogP contribution in [0.3, 0.4) is 0 Å². The number of rotatable bonds is 2. The number of fused-ring (bicyclic) bond motifs is 3. The highest BCUT2D eigenvalue weighted by atomic mass is 19.1. The maximum Gasteiger partial charge on any atom is 0.229 e. The van der Waals surface area contributed by atoms with Gasteiger partial charge in [0.05, 0.1) is 22.8 Å². The van der Waals surface area contributed by atoms with Gasteiger partial charge in [-0.2, -0.15) is 4.98 Å². The molecule has 4 rings (SSSR count). The van der Waals surface area contributed by atoms with Gasteiger partial charge in [-0.25, -0.2) is 15.2 Å². The number of nitrogens with two attached hydrogens (primary N) is 2. The van der Waals surface area contributed by atoms with Crippen molar-refractivity contribution in [3.8, 4) is 17.2 Å². The van der Waals surface area contributed by atoms with E-state index < -0.39 is 0 Å². The van der Waals surface area contributed by atoms with Crippen molar-refractivity contribution in [3.63, 3.8) is 0 Å². The van der Waals surface area contributed by atoms with Crippen molar-refractivity contribution in [3.05, 3.63) is 53.3 Å². The highest BCUT2D eigenvalue weighted by Crippen LogP contribution is 2.36. The molecule has 4 N–H and O–H groups in total. The zero-order valence-corrected chi connectivity index (χ0v) is 15.3. The van der Waals surface area contributed by atoms with Crippen molar-refractivity contribution >= 4 is 5.69 Å². The summed E-state index contributed by atoms with van der Waals surface area (Å²) in [7, 11) is 0. The Morgan fingerprint density at radius 1 is 1.30 bits per heavy atom. The Balaban J connectivity index is 1.94. The van der Waals surface area contributed by atoms with Gasteiger partial charge in [-0.15, -0.1) is 0 Å². The highest BCUT2D eigenvalue weighted by molar-refractivity contribution is 5.70. The molecule has 3 aromatic rings. The van der Waals surface area contributed by atoms with Crippen LogP contribution in [0.1, 0.15) is 38.3 Å². The minimum absolute atomic E-state index is 0.109. The Kier molecular flexibility index (Phi) is 3.96. The molecule has 1 aliphatic heterocycles. The summed E-state index contributed by atoms with van der Waals surface area (Å²) in [6, 6.07) is 4.41. The molecular formula is C18H20FN7O. The summed E-state index contributed by atoms with van der Waals surface area (Å²) in [4.78, 5) is 8.93. The predicted octanol–water partition coefficient (Wildman–Crippen LogP) is 2.61. The van der Waals surface area contributed by atoms with Crippen molar-refractivity contribution < 1.29 is 8.91 Å². The first kappa shape index (κ1) is 17.2. The maximum atomic E-state index is 13.9. The lowest BCUT2D eigenvalue weighted by atomic mass is 10.1. The smallest absolute Gasteiger partial charge is 0.229 e. The molecule has 1 aromatic carbocycles. The van der Waals surface area contributed by atoms with Crippen LogP contribution in [-0.4, -0.2) is 19.7 Å². The lowest BCUT2D eigenvalue weighted by Gasteiger charge is -2.22. The van der Waals surface area contributed by atoms with Gasteiger partial charge in [0.25, 0.3) is 0 Å². The summed E-state index contributed by atoms with van der Waals surface area (Å²) in [5, 5.41) is 5.48. The first-order valence-electron chi connectivity index (χ1n) is 8.57. The van der Waals surface area contributed by atoms with E-state index in [2.05, 4.69) is 15.1 Å². The van der Waals surface area contributed by atoms with Crippen LogP contribution in [0.25, 0.3) is 17.2 Å². The van der Waals surface area contributed by atoms with Crippen LogP contribution in [0.2, 0.25) is 0 Å². The zero-order valence-electron chi connectivity index (χ0n) is 15.3. The summed E-state index contributed by atoms with van der Waals surface area (Å²) in [5.74, 6) is 6.93. The molecule has 0 spiro atoms. The number of aromatic nitrogens is 4. The summed E-state index contributed by atoms with van der Waals surface area (Å²) >= 11 is 0. The first-order valence-corrected chi connectivity index (χ1v) is 8.57. The van der Waals surface area contributed by atoms with E-state index in [4.69, 9.17) is 16.1 Å². The molecule has 2 aromatic heterocycles. The fourth-order valence-electron chi connectivity index (χ4n) is 3.11.